The van der Waals surface area contributed by atoms with Crippen LogP contribution >= 0.6 is 22.7 Å². The highest BCUT2D eigenvalue weighted by molar-refractivity contribution is 7.11. The topological polar surface area (TPSA) is 29.1 Å². The lowest BCUT2D eigenvalue weighted by Gasteiger charge is -2.15. The zero-order chi connectivity index (χ0) is 16.2. The molecule has 2 aromatic heterocycles. The van der Waals surface area contributed by atoms with E-state index >= 15 is 0 Å². The van der Waals surface area contributed by atoms with Crippen molar-refractivity contribution in [3.8, 4) is 0 Å². The Morgan fingerprint density at radius 3 is 2.17 bits per heavy atom. The summed E-state index contributed by atoms with van der Waals surface area (Å²) in [5, 5.41) is 6.79. The van der Waals surface area contributed by atoms with Crippen LogP contribution in [0.2, 0.25) is 0 Å². The molecule has 1 N–H and O–H groups in total. The van der Waals surface area contributed by atoms with Crippen LogP contribution in [-0.2, 0) is 0 Å². The summed E-state index contributed by atoms with van der Waals surface area (Å²) in [5.74, 6) is -2.34. The SMILES string of the molecule is O=C(NCC(c1cccs1)c1cccs1)c1ccc(F)c(F)c1. The minimum atomic E-state index is -1.02. The zero-order valence-corrected chi connectivity index (χ0v) is 13.6. The van der Waals surface area contributed by atoms with E-state index in [0.29, 0.717) is 6.54 Å². The molecule has 0 radical (unpaired) electrons. The fourth-order valence-electron chi connectivity index (χ4n) is 2.25. The molecule has 0 aliphatic rings. The Morgan fingerprint density at radius 1 is 1.00 bits per heavy atom. The van der Waals surface area contributed by atoms with Gasteiger partial charge in [0.15, 0.2) is 11.6 Å². The van der Waals surface area contributed by atoms with E-state index < -0.39 is 17.5 Å². The van der Waals surface area contributed by atoms with Crippen molar-refractivity contribution < 1.29 is 13.6 Å². The predicted octanol–water partition coefficient (Wildman–Crippen LogP) is 4.65. The van der Waals surface area contributed by atoms with Gasteiger partial charge in [0.05, 0.1) is 0 Å². The summed E-state index contributed by atoms with van der Waals surface area (Å²) in [5.41, 5.74) is 0.111. The van der Waals surface area contributed by atoms with Crippen molar-refractivity contribution in [1.29, 1.82) is 0 Å². The van der Waals surface area contributed by atoms with Crippen LogP contribution in [0.1, 0.15) is 26.0 Å². The van der Waals surface area contributed by atoms with Crippen molar-refractivity contribution in [2.24, 2.45) is 0 Å². The first-order valence-corrected chi connectivity index (χ1v) is 8.71. The number of halogens is 2. The molecule has 0 bridgehead atoms. The molecule has 0 saturated heterocycles. The lowest BCUT2D eigenvalue weighted by Crippen LogP contribution is -2.28. The maximum absolute atomic E-state index is 13.2. The molecule has 0 unspecified atom stereocenters. The molecule has 118 valence electrons. The van der Waals surface area contributed by atoms with Gasteiger partial charge in [-0.1, -0.05) is 12.1 Å². The molecule has 3 rings (SSSR count). The number of nitrogens with one attached hydrogen (secondary N) is 1. The molecule has 0 aliphatic heterocycles. The molecular formula is C17H13F2NOS2. The summed E-state index contributed by atoms with van der Waals surface area (Å²) >= 11 is 3.25. The van der Waals surface area contributed by atoms with E-state index in [9.17, 15) is 13.6 Å². The molecule has 0 saturated carbocycles. The standard InChI is InChI=1S/C17H13F2NOS2/c18-13-6-5-11(9-14(13)19)17(21)20-10-12(15-3-1-7-22-15)16-4-2-8-23-16/h1-9,12H,10H2,(H,20,21). The maximum atomic E-state index is 13.2. The van der Waals surface area contributed by atoms with Crippen LogP contribution < -0.4 is 5.32 Å². The van der Waals surface area contributed by atoms with E-state index in [-0.39, 0.29) is 11.5 Å². The largest absolute Gasteiger partial charge is 0.351 e. The second-order valence-electron chi connectivity index (χ2n) is 4.92. The molecule has 0 aliphatic carbocycles. The molecule has 0 fully saturated rings. The maximum Gasteiger partial charge on any atom is 0.251 e. The Morgan fingerprint density at radius 2 is 1.65 bits per heavy atom. The van der Waals surface area contributed by atoms with E-state index in [0.717, 1.165) is 21.9 Å². The molecule has 0 atom stereocenters. The fourth-order valence-corrected chi connectivity index (χ4v) is 4.02. The molecular weight excluding hydrogens is 336 g/mol. The minimum absolute atomic E-state index is 0.0595. The molecule has 1 aromatic carbocycles. The van der Waals surface area contributed by atoms with Gasteiger partial charge in [-0.15, -0.1) is 22.7 Å². The Hall–Kier alpha value is -2.05. The van der Waals surface area contributed by atoms with Crippen LogP contribution in [0, 0.1) is 11.6 Å². The van der Waals surface area contributed by atoms with Gasteiger partial charge < -0.3 is 5.32 Å². The monoisotopic (exact) mass is 349 g/mol. The van der Waals surface area contributed by atoms with Crippen LogP contribution in [0.3, 0.4) is 0 Å². The quantitative estimate of drug-likeness (QED) is 0.714. The Kier molecular flexibility index (Phi) is 4.83. The van der Waals surface area contributed by atoms with Crippen molar-refractivity contribution in [2.45, 2.75) is 5.92 Å². The first kappa shape index (κ1) is 15.8. The van der Waals surface area contributed by atoms with E-state index in [1.807, 2.05) is 35.0 Å². The third-order valence-electron chi connectivity index (χ3n) is 3.42. The van der Waals surface area contributed by atoms with E-state index in [2.05, 4.69) is 5.32 Å². The van der Waals surface area contributed by atoms with Gasteiger partial charge in [0, 0.05) is 27.8 Å². The van der Waals surface area contributed by atoms with E-state index in [1.165, 1.54) is 6.07 Å². The summed E-state index contributed by atoms with van der Waals surface area (Å²) in [4.78, 5) is 14.5. The van der Waals surface area contributed by atoms with E-state index in [1.54, 1.807) is 22.7 Å². The summed E-state index contributed by atoms with van der Waals surface area (Å²) < 4.78 is 26.2. The van der Waals surface area contributed by atoms with Crippen molar-refractivity contribution >= 4 is 28.6 Å². The van der Waals surface area contributed by atoms with Crippen LogP contribution in [0.15, 0.2) is 53.2 Å². The summed E-state index contributed by atoms with van der Waals surface area (Å²) in [6, 6.07) is 11.1. The Balaban J connectivity index is 1.74. The van der Waals surface area contributed by atoms with Gasteiger partial charge in [0.25, 0.3) is 5.91 Å². The summed E-state index contributed by atoms with van der Waals surface area (Å²) in [7, 11) is 0. The van der Waals surface area contributed by atoms with Crippen LogP contribution in [0.5, 0.6) is 0 Å². The smallest absolute Gasteiger partial charge is 0.251 e. The van der Waals surface area contributed by atoms with Crippen molar-refractivity contribution in [1.82, 2.24) is 5.32 Å². The lowest BCUT2D eigenvalue weighted by molar-refractivity contribution is 0.0952. The second kappa shape index (κ2) is 7.02. The highest BCUT2D eigenvalue weighted by Gasteiger charge is 2.18. The lowest BCUT2D eigenvalue weighted by atomic mass is 10.1. The summed E-state index contributed by atoms with van der Waals surface area (Å²) in [6.45, 7) is 0.402. The van der Waals surface area contributed by atoms with Gasteiger partial charge in [-0.05, 0) is 41.1 Å². The normalized spacial score (nSPS) is 10.9. The second-order valence-corrected chi connectivity index (χ2v) is 6.88. The molecule has 1 amide bonds. The predicted molar refractivity (Wildman–Crippen MR) is 89.2 cm³/mol. The number of rotatable bonds is 5. The van der Waals surface area contributed by atoms with Gasteiger partial charge in [0.2, 0.25) is 0 Å². The number of thiophene rings is 2. The number of amides is 1. The number of hydrogen-bond donors (Lipinski definition) is 1. The molecule has 6 heteroatoms. The van der Waals surface area contributed by atoms with Gasteiger partial charge in [-0.25, -0.2) is 8.78 Å². The van der Waals surface area contributed by atoms with Crippen LogP contribution in [-0.4, -0.2) is 12.5 Å². The average Bonchev–Trinajstić information content (AvgIpc) is 3.24. The van der Waals surface area contributed by atoms with Crippen molar-refractivity contribution in [2.75, 3.05) is 6.54 Å². The zero-order valence-electron chi connectivity index (χ0n) is 12.0. The van der Waals surface area contributed by atoms with Gasteiger partial charge in [-0.3, -0.25) is 4.79 Å². The molecule has 2 nitrogen and oxygen atoms in total. The first-order chi connectivity index (χ1) is 11.1. The third kappa shape index (κ3) is 3.65. The van der Waals surface area contributed by atoms with Gasteiger partial charge >= 0.3 is 0 Å². The fraction of sp³-hybridized carbons (Fsp3) is 0.118. The van der Waals surface area contributed by atoms with Crippen LogP contribution in [0.25, 0.3) is 0 Å². The highest BCUT2D eigenvalue weighted by Crippen LogP contribution is 2.30. The average molecular weight is 349 g/mol. The van der Waals surface area contributed by atoms with Gasteiger partial charge in [-0.2, -0.15) is 0 Å². The molecule has 0 spiro atoms. The molecule has 23 heavy (non-hydrogen) atoms. The van der Waals surface area contributed by atoms with Crippen molar-refractivity contribution in [3.05, 3.63) is 80.2 Å². The number of benzene rings is 1. The number of hydrogen-bond acceptors (Lipinski definition) is 3. The summed E-state index contributed by atoms with van der Waals surface area (Å²) in [6.07, 6.45) is 0. The van der Waals surface area contributed by atoms with E-state index in [4.69, 9.17) is 0 Å². The highest BCUT2D eigenvalue weighted by atomic mass is 32.1. The van der Waals surface area contributed by atoms with Crippen LogP contribution in [0.4, 0.5) is 8.78 Å². The Bertz CT molecular complexity index is 751. The molecule has 3 aromatic rings. The van der Waals surface area contributed by atoms with Crippen molar-refractivity contribution in [3.63, 3.8) is 0 Å². The third-order valence-corrected chi connectivity index (χ3v) is 5.39. The van der Waals surface area contributed by atoms with Gasteiger partial charge in [0.1, 0.15) is 0 Å². The first-order valence-electron chi connectivity index (χ1n) is 6.95. The molecule has 2 heterocycles. The number of carbonyl (C=O) groups is 1. The number of carbonyl (C=O) groups excluding carboxylic acids is 1. The minimum Gasteiger partial charge on any atom is -0.351 e. The Labute approximate surface area is 140 Å².